The third-order valence-electron chi connectivity index (χ3n) is 3.56. The van der Waals surface area contributed by atoms with Crippen LogP contribution in [0.1, 0.15) is 43.8 Å². The molecule has 0 spiro atoms. The van der Waals surface area contributed by atoms with Gasteiger partial charge in [0.1, 0.15) is 0 Å². The topological polar surface area (TPSA) is 24.9 Å². The van der Waals surface area contributed by atoms with Crippen molar-refractivity contribution in [3.63, 3.8) is 0 Å². The molecule has 17 heavy (non-hydrogen) atoms. The van der Waals surface area contributed by atoms with Crippen LogP contribution in [0.3, 0.4) is 0 Å². The third kappa shape index (κ3) is 3.12. The maximum Gasteiger partial charge on any atom is 0.0762 e. The van der Waals surface area contributed by atoms with E-state index in [4.69, 9.17) is 23.2 Å². The van der Waals surface area contributed by atoms with Crippen molar-refractivity contribution >= 4 is 23.2 Å². The number of halogens is 2. The zero-order chi connectivity index (χ0) is 12.3. The van der Waals surface area contributed by atoms with E-state index in [0.29, 0.717) is 16.0 Å². The van der Waals surface area contributed by atoms with Crippen molar-refractivity contribution in [1.29, 1.82) is 0 Å². The van der Waals surface area contributed by atoms with Crippen LogP contribution in [-0.2, 0) is 0 Å². The Morgan fingerprint density at radius 1 is 1.29 bits per heavy atom. The summed E-state index contributed by atoms with van der Waals surface area (Å²) in [6.07, 6.45) is 8.17. The maximum atomic E-state index is 6.24. The Kier molecular flexibility index (Phi) is 4.66. The molecular weight excluding hydrogens is 255 g/mol. The molecule has 0 amide bonds. The molecule has 1 saturated carbocycles. The van der Waals surface area contributed by atoms with E-state index >= 15 is 0 Å². The minimum Gasteiger partial charge on any atom is -0.311 e. The van der Waals surface area contributed by atoms with Gasteiger partial charge in [0.2, 0.25) is 0 Å². The molecule has 1 heterocycles. The number of hydrogen-bond acceptors (Lipinski definition) is 2. The summed E-state index contributed by atoms with van der Waals surface area (Å²) in [7, 11) is 1.98. The van der Waals surface area contributed by atoms with Crippen LogP contribution in [0.5, 0.6) is 0 Å². The summed E-state index contributed by atoms with van der Waals surface area (Å²) in [5, 5.41) is 4.62. The number of nitrogens with one attached hydrogen (secondary N) is 1. The number of rotatable bonds is 3. The van der Waals surface area contributed by atoms with Crippen LogP contribution in [0.25, 0.3) is 0 Å². The number of aromatic nitrogens is 1. The van der Waals surface area contributed by atoms with Gasteiger partial charge in [-0.15, -0.1) is 0 Å². The summed E-state index contributed by atoms with van der Waals surface area (Å²) in [4.78, 5) is 4.40. The minimum absolute atomic E-state index is 0.250. The van der Waals surface area contributed by atoms with E-state index in [2.05, 4.69) is 10.3 Å². The molecule has 1 fully saturated rings. The van der Waals surface area contributed by atoms with Gasteiger partial charge < -0.3 is 5.32 Å². The molecule has 0 bridgehead atoms. The first-order chi connectivity index (χ1) is 8.22. The van der Waals surface area contributed by atoms with Crippen molar-refractivity contribution in [2.75, 3.05) is 7.05 Å². The van der Waals surface area contributed by atoms with E-state index in [9.17, 15) is 0 Å². The molecule has 0 aromatic carbocycles. The lowest BCUT2D eigenvalue weighted by molar-refractivity contribution is 0.278. The minimum atomic E-state index is 0.250. The van der Waals surface area contributed by atoms with E-state index in [-0.39, 0.29) is 6.04 Å². The molecule has 2 rings (SSSR count). The Labute approximate surface area is 113 Å². The van der Waals surface area contributed by atoms with Crippen molar-refractivity contribution in [1.82, 2.24) is 10.3 Å². The summed E-state index contributed by atoms with van der Waals surface area (Å²) >= 11 is 12.1. The van der Waals surface area contributed by atoms with Gasteiger partial charge in [-0.1, -0.05) is 42.5 Å². The van der Waals surface area contributed by atoms with Gasteiger partial charge in [-0.25, -0.2) is 0 Å². The lowest BCUT2D eigenvalue weighted by Gasteiger charge is -2.30. The van der Waals surface area contributed by atoms with E-state index < -0.39 is 0 Å². The zero-order valence-electron chi connectivity index (χ0n) is 10.0. The summed E-state index contributed by atoms with van der Waals surface area (Å²) in [6.45, 7) is 0. The fourth-order valence-corrected chi connectivity index (χ4v) is 3.21. The Hall–Kier alpha value is -0.310. The van der Waals surface area contributed by atoms with Crippen LogP contribution >= 0.6 is 23.2 Å². The fourth-order valence-electron chi connectivity index (χ4n) is 2.72. The third-order valence-corrected chi connectivity index (χ3v) is 4.07. The lowest BCUT2D eigenvalue weighted by atomic mass is 9.82. The molecule has 1 aromatic heterocycles. The Morgan fingerprint density at radius 2 is 2.00 bits per heavy atom. The van der Waals surface area contributed by atoms with Crippen molar-refractivity contribution in [2.45, 2.75) is 38.1 Å². The van der Waals surface area contributed by atoms with E-state index in [0.717, 1.165) is 5.69 Å². The average molecular weight is 273 g/mol. The lowest BCUT2D eigenvalue weighted by Crippen LogP contribution is -2.28. The second-order valence-electron chi connectivity index (χ2n) is 4.69. The van der Waals surface area contributed by atoms with Gasteiger partial charge in [-0.2, -0.15) is 0 Å². The van der Waals surface area contributed by atoms with Gasteiger partial charge in [-0.05, 0) is 31.9 Å². The van der Waals surface area contributed by atoms with Crippen LogP contribution in [-0.4, -0.2) is 12.0 Å². The standard InChI is InChI=1S/C13H18Cl2N2/c1-16-12(9-5-3-2-4-6-9)13-11(15)7-10(14)8-17-13/h7-9,12,16H,2-6H2,1H3. The molecule has 1 unspecified atom stereocenters. The molecule has 1 atom stereocenters. The largest absolute Gasteiger partial charge is 0.311 e. The van der Waals surface area contributed by atoms with E-state index in [1.807, 2.05) is 7.05 Å². The second kappa shape index (κ2) is 6.03. The highest BCUT2D eigenvalue weighted by atomic mass is 35.5. The van der Waals surface area contributed by atoms with Crippen LogP contribution < -0.4 is 5.32 Å². The second-order valence-corrected chi connectivity index (χ2v) is 5.53. The average Bonchev–Trinajstić information content (AvgIpc) is 2.34. The Morgan fingerprint density at radius 3 is 2.59 bits per heavy atom. The quantitative estimate of drug-likeness (QED) is 0.891. The molecule has 0 saturated heterocycles. The predicted octanol–water partition coefficient (Wildman–Crippen LogP) is 4.23. The Balaban J connectivity index is 2.21. The van der Waals surface area contributed by atoms with Crippen LogP contribution in [0, 0.1) is 5.92 Å². The first-order valence-corrected chi connectivity index (χ1v) is 6.96. The summed E-state index contributed by atoms with van der Waals surface area (Å²) in [5.41, 5.74) is 0.936. The van der Waals surface area contributed by atoms with Crippen LogP contribution in [0.2, 0.25) is 10.0 Å². The van der Waals surface area contributed by atoms with Crippen molar-refractivity contribution in [3.8, 4) is 0 Å². The molecule has 1 aliphatic carbocycles. The SMILES string of the molecule is CNC(c1ncc(Cl)cc1Cl)C1CCCCC1. The zero-order valence-corrected chi connectivity index (χ0v) is 11.6. The Bertz CT molecular complexity index is 376. The van der Waals surface area contributed by atoms with Crippen molar-refractivity contribution in [2.24, 2.45) is 5.92 Å². The first-order valence-electron chi connectivity index (χ1n) is 6.20. The molecule has 4 heteroatoms. The summed E-state index contributed by atoms with van der Waals surface area (Å²) in [5.74, 6) is 0.639. The number of nitrogens with zero attached hydrogens (tertiary/aromatic N) is 1. The van der Waals surface area contributed by atoms with Gasteiger partial charge in [0.25, 0.3) is 0 Å². The first kappa shape index (κ1) is 13.1. The van der Waals surface area contributed by atoms with Crippen molar-refractivity contribution in [3.05, 3.63) is 28.0 Å². The molecule has 1 aromatic rings. The maximum absolute atomic E-state index is 6.24. The summed E-state index contributed by atoms with van der Waals surface area (Å²) in [6, 6.07) is 2.03. The summed E-state index contributed by atoms with van der Waals surface area (Å²) < 4.78 is 0. The van der Waals surface area contributed by atoms with Gasteiger partial charge >= 0.3 is 0 Å². The number of pyridine rings is 1. The monoisotopic (exact) mass is 272 g/mol. The normalized spacial score (nSPS) is 19.2. The predicted molar refractivity (Wildman–Crippen MR) is 72.6 cm³/mol. The molecule has 1 aliphatic rings. The molecule has 0 aliphatic heterocycles. The van der Waals surface area contributed by atoms with Crippen LogP contribution in [0.4, 0.5) is 0 Å². The highest BCUT2D eigenvalue weighted by Crippen LogP contribution is 2.36. The highest BCUT2D eigenvalue weighted by molar-refractivity contribution is 6.34. The molecular formula is C13H18Cl2N2. The van der Waals surface area contributed by atoms with E-state index in [1.54, 1.807) is 12.3 Å². The van der Waals surface area contributed by atoms with Crippen molar-refractivity contribution < 1.29 is 0 Å². The van der Waals surface area contributed by atoms with Gasteiger partial charge in [-0.3, -0.25) is 4.98 Å². The molecule has 0 radical (unpaired) electrons. The highest BCUT2D eigenvalue weighted by Gasteiger charge is 2.26. The smallest absolute Gasteiger partial charge is 0.0762 e. The number of hydrogen-bond donors (Lipinski definition) is 1. The van der Waals surface area contributed by atoms with Crippen LogP contribution in [0.15, 0.2) is 12.3 Å². The fraction of sp³-hybridized carbons (Fsp3) is 0.615. The van der Waals surface area contributed by atoms with Gasteiger partial charge in [0.15, 0.2) is 0 Å². The van der Waals surface area contributed by atoms with Gasteiger partial charge in [0.05, 0.1) is 21.8 Å². The molecule has 94 valence electrons. The molecule has 2 nitrogen and oxygen atoms in total. The van der Waals surface area contributed by atoms with Gasteiger partial charge in [0, 0.05) is 6.20 Å². The van der Waals surface area contributed by atoms with E-state index in [1.165, 1.54) is 32.1 Å². The molecule has 1 N–H and O–H groups in total.